The Hall–Kier alpha value is -1.29. The molecule has 2 aliphatic rings. The molecule has 3 rings (SSSR count). The first kappa shape index (κ1) is 13.7. The van der Waals surface area contributed by atoms with Gasteiger partial charge >= 0.3 is 6.18 Å². The Morgan fingerprint density at radius 2 is 1.85 bits per heavy atom. The first-order chi connectivity index (χ1) is 9.38. The molecule has 1 nitrogen and oxygen atoms in total. The highest BCUT2D eigenvalue weighted by molar-refractivity contribution is 5.36. The fraction of sp³-hybridized carbons (Fsp3) is 0.500. The van der Waals surface area contributed by atoms with E-state index in [1.807, 2.05) is 6.92 Å². The minimum atomic E-state index is -4.29. The van der Waals surface area contributed by atoms with Gasteiger partial charge in [-0.05, 0) is 55.5 Å². The molecule has 0 amide bonds. The third kappa shape index (κ3) is 2.37. The lowest BCUT2D eigenvalue weighted by Gasteiger charge is -2.27. The summed E-state index contributed by atoms with van der Waals surface area (Å²) in [7, 11) is 0. The predicted molar refractivity (Wildman–Crippen MR) is 70.2 cm³/mol. The Morgan fingerprint density at radius 3 is 2.45 bits per heavy atom. The lowest BCUT2D eigenvalue weighted by atomic mass is 9.90. The molecular formula is C16H17F3O. The molecule has 0 radical (unpaired) electrons. The smallest absolute Gasteiger partial charge is 0.359 e. The first-order valence-corrected chi connectivity index (χ1v) is 6.96. The molecule has 0 unspecified atom stereocenters. The second-order valence-electron chi connectivity index (χ2n) is 5.75. The van der Waals surface area contributed by atoms with Gasteiger partial charge in [0.2, 0.25) is 0 Å². The SMILES string of the molecule is C[C@]1(c2ccc(C(F)(F)F)cc2)C=C2CCCC[C@H]2O1. The zero-order valence-electron chi connectivity index (χ0n) is 11.3. The van der Waals surface area contributed by atoms with Gasteiger partial charge in [0.25, 0.3) is 0 Å². The van der Waals surface area contributed by atoms with E-state index in [0.717, 1.165) is 37.0 Å². The molecule has 0 aromatic heterocycles. The zero-order chi connectivity index (χ0) is 14.4. The van der Waals surface area contributed by atoms with Gasteiger partial charge in [0.1, 0.15) is 5.60 Å². The molecular weight excluding hydrogens is 265 g/mol. The maximum atomic E-state index is 12.6. The second kappa shape index (κ2) is 4.62. The zero-order valence-corrected chi connectivity index (χ0v) is 11.3. The minimum absolute atomic E-state index is 0.149. The maximum absolute atomic E-state index is 12.6. The number of fused-ring (bicyclic) bond motifs is 1. The van der Waals surface area contributed by atoms with E-state index in [9.17, 15) is 13.2 Å². The summed E-state index contributed by atoms with van der Waals surface area (Å²) in [5, 5.41) is 0. The van der Waals surface area contributed by atoms with Crippen LogP contribution in [0.2, 0.25) is 0 Å². The lowest BCUT2D eigenvalue weighted by molar-refractivity contribution is -0.137. The minimum Gasteiger partial charge on any atom is -0.359 e. The average Bonchev–Trinajstić information content (AvgIpc) is 2.75. The van der Waals surface area contributed by atoms with Gasteiger partial charge in [0, 0.05) is 0 Å². The van der Waals surface area contributed by atoms with Crippen LogP contribution in [0.5, 0.6) is 0 Å². The molecule has 0 N–H and O–H groups in total. The van der Waals surface area contributed by atoms with Gasteiger partial charge in [0.15, 0.2) is 0 Å². The number of benzene rings is 1. The van der Waals surface area contributed by atoms with Gasteiger partial charge in [0.05, 0.1) is 11.7 Å². The topological polar surface area (TPSA) is 9.23 Å². The molecule has 4 heteroatoms. The first-order valence-electron chi connectivity index (χ1n) is 6.96. The van der Waals surface area contributed by atoms with Crippen LogP contribution >= 0.6 is 0 Å². The van der Waals surface area contributed by atoms with E-state index in [0.29, 0.717) is 0 Å². The number of rotatable bonds is 1. The van der Waals surface area contributed by atoms with Gasteiger partial charge in [-0.2, -0.15) is 13.2 Å². The van der Waals surface area contributed by atoms with Crippen molar-refractivity contribution in [1.82, 2.24) is 0 Å². The van der Waals surface area contributed by atoms with Crippen LogP contribution < -0.4 is 0 Å². The molecule has 0 saturated heterocycles. The van der Waals surface area contributed by atoms with E-state index in [4.69, 9.17) is 4.74 Å². The molecule has 1 aliphatic heterocycles. The van der Waals surface area contributed by atoms with E-state index in [-0.39, 0.29) is 6.10 Å². The van der Waals surface area contributed by atoms with Crippen molar-refractivity contribution in [2.45, 2.75) is 50.5 Å². The lowest BCUT2D eigenvalue weighted by Crippen LogP contribution is -2.24. The molecule has 0 bridgehead atoms. The fourth-order valence-corrected chi connectivity index (χ4v) is 3.13. The van der Waals surface area contributed by atoms with Crippen LogP contribution in [0.15, 0.2) is 35.9 Å². The highest BCUT2D eigenvalue weighted by atomic mass is 19.4. The summed E-state index contributed by atoms with van der Waals surface area (Å²) in [6.07, 6.45) is 2.35. The van der Waals surface area contributed by atoms with Crippen LogP contribution in [0.1, 0.15) is 43.7 Å². The molecule has 1 saturated carbocycles. The van der Waals surface area contributed by atoms with Crippen LogP contribution in [0, 0.1) is 0 Å². The highest BCUT2D eigenvalue weighted by Gasteiger charge is 2.39. The Morgan fingerprint density at radius 1 is 1.15 bits per heavy atom. The summed E-state index contributed by atoms with van der Waals surface area (Å²) >= 11 is 0. The van der Waals surface area contributed by atoms with Gasteiger partial charge in [-0.3, -0.25) is 0 Å². The van der Waals surface area contributed by atoms with E-state index in [1.165, 1.54) is 24.1 Å². The number of ether oxygens (including phenoxy) is 1. The molecule has 2 atom stereocenters. The Bertz CT molecular complexity index is 530. The number of hydrogen-bond donors (Lipinski definition) is 0. The normalized spacial score (nSPS) is 30.0. The Labute approximate surface area is 116 Å². The van der Waals surface area contributed by atoms with E-state index in [2.05, 4.69) is 6.08 Å². The quantitative estimate of drug-likeness (QED) is 0.671. The molecule has 1 aliphatic carbocycles. The van der Waals surface area contributed by atoms with Crippen molar-refractivity contribution in [3.8, 4) is 0 Å². The molecule has 0 spiro atoms. The monoisotopic (exact) mass is 282 g/mol. The third-order valence-corrected chi connectivity index (χ3v) is 4.23. The van der Waals surface area contributed by atoms with Crippen molar-refractivity contribution in [2.24, 2.45) is 0 Å². The van der Waals surface area contributed by atoms with Crippen molar-refractivity contribution >= 4 is 0 Å². The van der Waals surface area contributed by atoms with Crippen molar-refractivity contribution < 1.29 is 17.9 Å². The Kier molecular flexibility index (Phi) is 3.16. The summed E-state index contributed by atoms with van der Waals surface area (Å²) in [6, 6.07) is 5.31. The Balaban J connectivity index is 1.88. The summed E-state index contributed by atoms with van der Waals surface area (Å²) in [5.41, 5.74) is 0.882. The highest BCUT2D eigenvalue weighted by Crippen LogP contribution is 2.43. The van der Waals surface area contributed by atoms with Crippen LogP contribution in [-0.4, -0.2) is 6.10 Å². The second-order valence-corrected chi connectivity index (χ2v) is 5.75. The summed E-state index contributed by atoms with van der Waals surface area (Å²) in [4.78, 5) is 0. The van der Waals surface area contributed by atoms with E-state index >= 15 is 0 Å². The number of hydrogen-bond acceptors (Lipinski definition) is 1. The average molecular weight is 282 g/mol. The van der Waals surface area contributed by atoms with Crippen molar-refractivity contribution in [3.63, 3.8) is 0 Å². The maximum Gasteiger partial charge on any atom is 0.416 e. The predicted octanol–water partition coefficient (Wildman–Crippen LogP) is 4.82. The van der Waals surface area contributed by atoms with Crippen molar-refractivity contribution in [2.75, 3.05) is 0 Å². The number of alkyl halides is 3. The van der Waals surface area contributed by atoms with Crippen LogP contribution in [0.25, 0.3) is 0 Å². The fourth-order valence-electron chi connectivity index (χ4n) is 3.13. The largest absolute Gasteiger partial charge is 0.416 e. The van der Waals surface area contributed by atoms with E-state index in [1.54, 1.807) is 0 Å². The number of halogens is 3. The molecule has 1 aromatic rings. The summed E-state index contributed by atoms with van der Waals surface area (Å²) < 4.78 is 43.9. The van der Waals surface area contributed by atoms with E-state index < -0.39 is 17.3 Å². The van der Waals surface area contributed by atoms with Crippen molar-refractivity contribution in [3.05, 3.63) is 47.0 Å². The molecule has 1 heterocycles. The van der Waals surface area contributed by atoms with Crippen LogP contribution in [0.3, 0.4) is 0 Å². The van der Waals surface area contributed by atoms with Gasteiger partial charge < -0.3 is 4.74 Å². The third-order valence-electron chi connectivity index (χ3n) is 4.23. The standard InChI is InChI=1S/C16H17F3O/c1-15(10-11-4-2-3-5-14(11)20-15)12-6-8-13(9-7-12)16(17,18)19/h6-10,14H,2-5H2,1H3/t14-,15-/m1/s1. The molecule has 1 fully saturated rings. The van der Waals surface area contributed by atoms with Crippen molar-refractivity contribution in [1.29, 1.82) is 0 Å². The molecule has 20 heavy (non-hydrogen) atoms. The molecule has 1 aromatic carbocycles. The summed E-state index contributed by atoms with van der Waals surface area (Å²) in [6.45, 7) is 1.93. The van der Waals surface area contributed by atoms with Crippen LogP contribution in [-0.2, 0) is 16.5 Å². The van der Waals surface area contributed by atoms with Gasteiger partial charge in [-0.25, -0.2) is 0 Å². The van der Waals surface area contributed by atoms with Gasteiger partial charge in [-0.1, -0.05) is 18.6 Å². The van der Waals surface area contributed by atoms with Gasteiger partial charge in [-0.15, -0.1) is 0 Å². The summed E-state index contributed by atoms with van der Waals surface area (Å²) in [5.74, 6) is 0. The van der Waals surface area contributed by atoms with Crippen LogP contribution in [0.4, 0.5) is 13.2 Å². The molecule has 108 valence electrons.